The van der Waals surface area contributed by atoms with E-state index in [0.29, 0.717) is 0 Å². The molecule has 0 amide bonds. The van der Waals surface area contributed by atoms with Crippen LogP contribution in [0.4, 0.5) is 26.3 Å². The minimum Gasteiger partial charge on any atom is -0.166 e. The van der Waals surface area contributed by atoms with Crippen LogP contribution in [0.25, 0.3) is 0 Å². The van der Waals surface area contributed by atoms with Crippen molar-refractivity contribution in [3.63, 3.8) is 0 Å². The van der Waals surface area contributed by atoms with E-state index < -0.39 is 35.0 Å². The molecule has 0 aliphatic carbocycles. The van der Waals surface area contributed by atoms with E-state index in [2.05, 4.69) is 0 Å². The Morgan fingerprint density at radius 1 is 0.947 bits per heavy atom. The van der Waals surface area contributed by atoms with Gasteiger partial charge in [-0.3, -0.25) is 0 Å². The van der Waals surface area contributed by atoms with Gasteiger partial charge in [0.1, 0.15) is 0 Å². The minimum atomic E-state index is -4.79. The summed E-state index contributed by atoms with van der Waals surface area (Å²) in [5.41, 5.74) is -3.08. The molecule has 0 fully saturated rings. The van der Waals surface area contributed by atoms with Crippen molar-refractivity contribution in [1.29, 1.82) is 0 Å². The van der Waals surface area contributed by atoms with Gasteiger partial charge in [0.15, 0.2) is 0 Å². The second kappa shape index (κ2) is 5.06. The van der Waals surface area contributed by atoms with E-state index in [4.69, 9.17) is 0 Å². The van der Waals surface area contributed by atoms with Crippen molar-refractivity contribution in [1.82, 2.24) is 0 Å². The summed E-state index contributed by atoms with van der Waals surface area (Å²) in [5.74, 6) is -0.811. The van der Waals surface area contributed by atoms with Crippen molar-refractivity contribution < 1.29 is 26.3 Å². The lowest BCUT2D eigenvalue weighted by molar-refractivity contribution is -0.144. The maximum Gasteiger partial charge on any atom is 0.416 e. The Morgan fingerprint density at radius 3 is 1.58 bits per heavy atom. The zero-order valence-electron chi connectivity index (χ0n) is 10.7. The third-order valence-electron chi connectivity index (χ3n) is 3.04. The van der Waals surface area contributed by atoms with Crippen molar-refractivity contribution in [2.24, 2.45) is 0 Å². The van der Waals surface area contributed by atoms with Crippen molar-refractivity contribution in [2.45, 2.75) is 45.5 Å². The standard InChI is InChI=1S/C13H14F6/c1-4-8(3)11-9(12(14,15)16)5-7(2)6-10(11)13(17,18)19/h5-6,8H,4H2,1-3H3. The average Bonchev–Trinajstić information content (AvgIpc) is 2.24. The lowest BCUT2D eigenvalue weighted by Crippen LogP contribution is -2.18. The molecule has 0 aliphatic heterocycles. The van der Waals surface area contributed by atoms with Crippen LogP contribution >= 0.6 is 0 Å². The molecular formula is C13H14F6. The minimum absolute atomic E-state index is 0.0493. The van der Waals surface area contributed by atoms with E-state index >= 15 is 0 Å². The molecule has 0 saturated heterocycles. The number of alkyl halides is 6. The highest BCUT2D eigenvalue weighted by atomic mass is 19.4. The summed E-state index contributed by atoms with van der Waals surface area (Å²) >= 11 is 0. The van der Waals surface area contributed by atoms with Crippen LogP contribution in [0, 0.1) is 6.92 Å². The molecule has 0 N–H and O–H groups in total. The third-order valence-corrected chi connectivity index (χ3v) is 3.04. The first-order valence-electron chi connectivity index (χ1n) is 5.77. The number of rotatable bonds is 2. The van der Waals surface area contributed by atoms with E-state index in [9.17, 15) is 26.3 Å². The molecule has 0 spiro atoms. The van der Waals surface area contributed by atoms with E-state index in [1.165, 1.54) is 13.8 Å². The van der Waals surface area contributed by atoms with Crippen LogP contribution in [-0.4, -0.2) is 0 Å². The first-order chi connectivity index (χ1) is 8.48. The molecule has 0 radical (unpaired) electrons. The Morgan fingerprint density at radius 2 is 1.32 bits per heavy atom. The molecular weight excluding hydrogens is 270 g/mol. The van der Waals surface area contributed by atoms with Gasteiger partial charge in [-0.15, -0.1) is 0 Å². The summed E-state index contributed by atoms with van der Waals surface area (Å²) in [6.07, 6.45) is -9.37. The van der Waals surface area contributed by atoms with Gasteiger partial charge in [-0.1, -0.05) is 13.8 Å². The van der Waals surface area contributed by atoms with Crippen LogP contribution in [0.15, 0.2) is 12.1 Å². The van der Waals surface area contributed by atoms with Crippen LogP contribution in [0.1, 0.15) is 48.4 Å². The van der Waals surface area contributed by atoms with Gasteiger partial charge < -0.3 is 0 Å². The van der Waals surface area contributed by atoms with Gasteiger partial charge >= 0.3 is 12.4 Å². The summed E-state index contributed by atoms with van der Waals surface area (Å²) in [6.45, 7) is 4.16. The number of hydrogen-bond donors (Lipinski definition) is 0. The zero-order valence-corrected chi connectivity index (χ0v) is 10.7. The van der Waals surface area contributed by atoms with Gasteiger partial charge in [0.05, 0.1) is 11.1 Å². The molecule has 1 unspecified atom stereocenters. The molecule has 0 nitrogen and oxygen atoms in total. The fourth-order valence-corrected chi connectivity index (χ4v) is 2.00. The van der Waals surface area contributed by atoms with Crippen molar-refractivity contribution >= 4 is 0 Å². The van der Waals surface area contributed by atoms with Crippen LogP contribution < -0.4 is 0 Å². The Kier molecular flexibility index (Phi) is 4.22. The number of aryl methyl sites for hydroxylation is 1. The maximum absolute atomic E-state index is 12.9. The zero-order chi connectivity index (χ0) is 15.0. The van der Waals surface area contributed by atoms with Crippen LogP contribution in [0.2, 0.25) is 0 Å². The summed E-state index contributed by atoms with van der Waals surface area (Å²) in [4.78, 5) is 0. The van der Waals surface area contributed by atoms with Crippen molar-refractivity contribution in [2.75, 3.05) is 0 Å². The molecule has 1 rings (SSSR count). The van der Waals surface area contributed by atoms with Crippen LogP contribution in [0.5, 0.6) is 0 Å². The van der Waals surface area contributed by atoms with E-state index in [1.807, 2.05) is 0 Å². The molecule has 1 aromatic rings. The molecule has 0 heterocycles. The summed E-state index contributed by atoms with van der Waals surface area (Å²) < 4.78 is 77.6. The highest BCUT2D eigenvalue weighted by molar-refractivity contribution is 5.44. The molecule has 6 heteroatoms. The molecule has 0 aromatic heterocycles. The lowest BCUT2D eigenvalue weighted by Gasteiger charge is -2.23. The van der Waals surface area contributed by atoms with Gasteiger partial charge in [0.2, 0.25) is 0 Å². The quantitative estimate of drug-likeness (QED) is 0.625. The highest BCUT2D eigenvalue weighted by Gasteiger charge is 2.41. The van der Waals surface area contributed by atoms with E-state index in [0.717, 1.165) is 12.1 Å². The monoisotopic (exact) mass is 284 g/mol. The average molecular weight is 284 g/mol. The van der Waals surface area contributed by atoms with Gasteiger partial charge in [-0.25, -0.2) is 0 Å². The largest absolute Gasteiger partial charge is 0.416 e. The Hall–Kier alpha value is -1.20. The Balaban J connectivity index is 3.69. The Labute approximate surface area is 107 Å². The second-order valence-corrected chi connectivity index (χ2v) is 4.58. The number of hydrogen-bond acceptors (Lipinski definition) is 0. The van der Waals surface area contributed by atoms with Crippen molar-refractivity contribution in [3.05, 3.63) is 34.4 Å². The van der Waals surface area contributed by atoms with Gasteiger partial charge in [0.25, 0.3) is 0 Å². The second-order valence-electron chi connectivity index (χ2n) is 4.58. The van der Waals surface area contributed by atoms with Gasteiger partial charge in [0, 0.05) is 0 Å². The summed E-state index contributed by atoms with van der Waals surface area (Å²) in [6, 6.07) is 1.55. The topological polar surface area (TPSA) is 0 Å². The lowest BCUT2D eigenvalue weighted by atomic mass is 9.87. The highest BCUT2D eigenvalue weighted by Crippen LogP contribution is 2.43. The molecule has 108 valence electrons. The number of halogens is 6. The maximum atomic E-state index is 12.9. The van der Waals surface area contributed by atoms with Crippen LogP contribution in [0.3, 0.4) is 0 Å². The van der Waals surface area contributed by atoms with Crippen LogP contribution in [-0.2, 0) is 12.4 Å². The van der Waals surface area contributed by atoms with Gasteiger partial charge in [-0.2, -0.15) is 26.3 Å². The summed E-state index contributed by atoms with van der Waals surface area (Å²) in [5, 5.41) is 0. The first-order valence-corrected chi connectivity index (χ1v) is 5.77. The van der Waals surface area contributed by atoms with Gasteiger partial charge in [-0.05, 0) is 42.5 Å². The molecule has 1 aromatic carbocycles. The molecule has 0 bridgehead atoms. The molecule has 1 atom stereocenters. The normalized spacial score (nSPS) is 14.6. The number of benzene rings is 1. The first kappa shape index (κ1) is 15.9. The predicted molar refractivity (Wildman–Crippen MR) is 59.9 cm³/mol. The predicted octanol–water partition coefficient (Wildman–Crippen LogP) is 5.55. The molecule has 0 aliphatic rings. The fraction of sp³-hybridized carbons (Fsp3) is 0.538. The molecule has 19 heavy (non-hydrogen) atoms. The van der Waals surface area contributed by atoms with E-state index in [1.54, 1.807) is 6.92 Å². The van der Waals surface area contributed by atoms with E-state index in [-0.39, 0.29) is 12.0 Å². The summed E-state index contributed by atoms with van der Waals surface area (Å²) in [7, 11) is 0. The molecule has 0 saturated carbocycles. The van der Waals surface area contributed by atoms with Crippen molar-refractivity contribution in [3.8, 4) is 0 Å². The third kappa shape index (κ3) is 3.42. The Bertz CT molecular complexity index is 420. The SMILES string of the molecule is CCC(C)c1c(C(F)(F)F)cc(C)cc1C(F)(F)F. The smallest absolute Gasteiger partial charge is 0.166 e. The fourth-order valence-electron chi connectivity index (χ4n) is 2.00.